The summed E-state index contributed by atoms with van der Waals surface area (Å²) >= 11 is 1.08. The molecule has 0 atom stereocenters. The second-order valence-electron chi connectivity index (χ2n) is 3.23. The van der Waals surface area contributed by atoms with E-state index in [2.05, 4.69) is 14.9 Å². The molecule has 1 heterocycles. The van der Waals surface area contributed by atoms with Crippen molar-refractivity contribution < 1.29 is 12.8 Å². The van der Waals surface area contributed by atoms with E-state index >= 15 is 0 Å². The molecule has 8 heteroatoms. The third-order valence-corrected chi connectivity index (χ3v) is 3.80. The van der Waals surface area contributed by atoms with Crippen LogP contribution in [0.25, 0.3) is 0 Å². The van der Waals surface area contributed by atoms with Gasteiger partial charge >= 0.3 is 0 Å². The molecule has 0 saturated heterocycles. The minimum atomic E-state index is -3.58. The quantitative estimate of drug-likeness (QED) is 0.918. The summed E-state index contributed by atoms with van der Waals surface area (Å²) in [4.78, 5) is 0. The van der Waals surface area contributed by atoms with E-state index in [-0.39, 0.29) is 10.9 Å². The van der Waals surface area contributed by atoms with Crippen molar-refractivity contribution in [3.8, 4) is 0 Å². The predicted molar refractivity (Wildman–Crippen MR) is 62.6 cm³/mol. The second kappa shape index (κ2) is 4.76. The molecule has 0 fully saturated rings. The van der Waals surface area contributed by atoms with Gasteiger partial charge in [-0.25, -0.2) is 12.8 Å². The van der Waals surface area contributed by atoms with Gasteiger partial charge in [-0.3, -0.25) is 4.72 Å². The fraction of sp³-hybridized carbons (Fsp3) is 0.111. The Morgan fingerprint density at radius 2 is 2.24 bits per heavy atom. The van der Waals surface area contributed by atoms with Crippen molar-refractivity contribution in [1.82, 2.24) is 10.2 Å². The van der Waals surface area contributed by atoms with Crippen LogP contribution < -0.4 is 4.72 Å². The minimum Gasteiger partial charge on any atom is -0.257 e. The van der Waals surface area contributed by atoms with Crippen LogP contribution in [0.1, 0.15) is 5.56 Å². The summed E-state index contributed by atoms with van der Waals surface area (Å²) in [6.07, 6.45) is 0. The maximum Gasteiger partial charge on any atom is 0.238 e. The van der Waals surface area contributed by atoms with Crippen molar-refractivity contribution in [1.29, 1.82) is 0 Å². The molecule has 2 aromatic rings. The Morgan fingerprint density at radius 1 is 1.41 bits per heavy atom. The highest BCUT2D eigenvalue weighted by Crippen LogP contribution is 2.14. The number of anilines is 1. The van der Waals surface area contributed by atoms with Crippen molar-refractivity contribution in [3.05, 3.63) is 41.2 Å². The molecule has 17 heavy (non-hydrogen) atoms. The van der Waals surface area contributed by atoms with Gasteiger partial charge in [0.15, 0.2) is 0 Å². The summed E-state index contributed by atoms with van der Waals surface area (Å²) in [5.74, 6) is -0.765. The van der Waals surface area contributed by atoms with Gasteiger partial charge in [-0.2, -0.15) is 0 Å². The zero-order valence-corrected chi connectivity index (χ0v) is 10.1. The Kier molecular flexibility index (Phi) is 3.34. The number of rotatable bonds is 4. The Balaban J connectivity index is 2.12. The standard InChI is InChI=1S/C9H8FN3O2S2/c10-8-3-1-2-7(4-8)5-17(14,15)13-9-12-11-6-16-9/h1-4,6H,5H2,(H,12,13). The van der Waals surface area contributed by atoms with Crippen molar-refractivity contribution in [2.75, 3.05) is 4.72 Å². The van der Waals surface area contributed by atoms with Crippen LogP contribution in [-0.4, -0.2) is 18.6 Å². The first-order valence-electron chi connectivity index (χ1n) is 4.56. The zero-order valence-electron chi connectivity index (χ0n) is 8.50. The summed E-state index contributed by atoms with van der Waals surface area (Å²) in [5, 5.41) is 7.27. The van der Waals surface area contributed by atoms with Crippen LogP contribution >= 0.6 is 11.3 Å². The molecule has 0 bridgehead atoms. The monoisotopic (exact) mass is 273 g/mol. The van der Waals surface area contributed by atoms with Gasteiger partial charge in [-0.05, 0) is 17.7 Å². The van der Waals surface area contributed by atoms with Crippen LogP contribution in [0.15, 0.2) is 29.8 Å². The van der Waals surface area contributed by atoms with Gasteiger partial charge in [-0.15, -0.1) is 10.2 Å². The fourth-order valence-electron chi connectivity index (χ4n) is 1.23. The predicted octanol–water partition coefficient (Wildman–Crippen LogP) is 1.62. The van der Waals surface area contributed by atoms with Crippen molar-refractivity contribution in [3.63, 3.8) is 0 Å². The van der Waals surface area contributed by atoms with Gasteiger partial charge in [0.05, 0.1) is 5.75 Å². The summed E-state index contributed by atoms with van der Waals surface area (Å²) in [6, 6.07) is 5.45. The summed E-state index contributed by atoms with van der Waals surface area (Å²) < 4.78 is 38.5. The highest BCUT2D eigenvalue weighted by Gasteiger charge is 2.13. The largest absolute Gasteiger partial charge is 0.257 e. The van der Waals surface area contributed by atoms with E-state index in [1.807, 2.05) is 0 Å². The molecule has 1 N–H and O–H groups in total. The van der Waals surface area contributed by atoms with Gasteiger partial charge in [0.1, 0.15) is 11.3 Å². The molecule has 90 valence electrons. The van der Waals surface area contributed by atoms with Crippen LogP contribution in [0.2, 0.25) is 0 Å². The number of nitrogens with one attached hydrogen (secondary N) is 1. The summed E-state index contributed by atoms with van der Waals surface area (Å²) in [6.45, 7) is 0. The van der Waals surface area contributed by atoms with E-state index < -0.39 is 15.8 Å². The molecule has 0 aliphatic rings. The Hall–Kier alpha value is -1.54. The van der Waals surface area contributed by atoms with Crippen molar-refractivity contribution in [2.45, 2.75) is 5.75 Å². The number of hydrogen-bond donors (Lipinski definition) is 1. The number of hydrogen-bond acceptors (Lipinski definition) is 5. The molecule has 0 saturated carbocycles. The first-order chi connectivity index (χ1) is 8.05. The minimum absolute atomic E-state index is 0.196. The maximum atomic E-state index is 12.9. The van der Waals surface area contributed by atoms with Gasteiger partial charge < -0.3 is 0 Å². The third kappa shape index (κ3) is 3.46. The lowest BCUT2D eigenvalue weighted by atomic mass is 10.2. The molecule has 2 rings (SSSR count). The van der Waals surface area contributed by atoms with E-state index in [0.29, 0.717) is 5.56 Å². The van der Waals surface area contributed by atoms with Crippen LogP contribution in [0.4, 0.5) is 9.52 Å². The fourth-order valence-corrected chi connectivity index (χ4v) is 3.09. The molecular weight excluding hydrogens is 265 g/mol. The van der Waals surface area contributed by atoms with Gasteiger partial charge in [0, 0.05) is 0 Å². The van der Waals surface area contributed by atoms with Crippen molar-refractivity contribution >= 4 is 26.5 Å². The molecule has 1 aromatic heterocycles. The molecule has 0 aliphatic heterocycles. The number of nitrogens with zero attached hydrogens (tertiary/aromatic N) is 2. The Bertz CT molecular complexity index is 598. The number of sulfonamides is 1. The molecule has 5 nitrogen and oxygen atoms in total. The lowest BCUT2D eigenvalue weighted by Crippen LogP contribution is -2.15. The number of benzene rings is 1. The average Bonchev–Trinajstić information content (AvgIpc) is 2.68. The molecular formula is C9H8FN3O2S2. The van der Waals surface area contributed by atoms with E-state index in [0.717, 1.165) is 11.3 Å². The van der Waals surface area contributed by atoms with Crippen molar-refractivity contribution in [2.24, 2.45) is 0 Å². The van der Waals surface area contributed by atoms with E-state index in [4.69, 9.17) is 0 Å². The summed E-state index contributed by atoms with van der Waals surface area (Å²) in [7, 11) is -3.58. The number of halogens is 1. The van der Waals surface area contributed by atoms with Crippen LogP contribution in [0.5, 0.6) is 0 Å². The Labute approximate surface area is 101 Å². The molecule has 0 spiro atoms. The second-order valence-corrected chi connectivity index (χ2v) is 5.79. The van der Waals surface area contributed by atoms with Gasteiger partial charge in [-0.1, -0.05) is 23.5 Å². The third-order valence-electron chi connectivity index (χ3n) is 1.85. The van der Waals surface area contributed by atoms with Gasteiger partial charge in [0.25, 0.3) is 0 Å². The van der Waals surface area contributed by atoms with Crippen LogP contribution in [-0.2, 0) is 15.8 Å². The first-order valence-corrected chi connectivity index (χ1v) is 7.09. The zero-order chi connectivity index (χ0) is 12.3. The Morgan fingerprint density at radius 3 is 2.88 bits per heavy atom. The highest BCUT2D eigenvalue weighted by atomic mass is 32.2. The highest BCUT2D eigenvalue weighted by molar-refractivity contribution is 7.92. The van der Waals surface area contributed by atoms with Gasteiger partial charge in [0.2, 0.25) is 15.2 Å². The van der Waals surface area contributed by atoms with E-state index in [1.165, 1.54) is 23.7 Å². The topological polar surface area (TPSA) is 72.0 Å². The molecule has 0 aliphatic carbocycles. The van der Waals surface area contributed by atoms with Crippen LogP contribution in [0.3, 0.4) is 0 Å². The van der Waals surface area contributed by atoms with E-state index in [9.17, 15) is 12.8 Å². The molecule has 0 unspecified atom stereocenters. The molecule has 0 radical (unpaired) electrons. The SMILES string of the molecule is O=S(=O)(Cc1cccc(F)c1)Nc1nncs1. The molecule has 0 amide bonds. The maximum absolute atomic E-state index is 12.9. The van der Waals surface area contributed by atoms with E-state index in [1.54, 1.807) is 6.07 Å². The smallest absolute Gasteiger partial charge is 0.238 e. The van der Waals surface area contributed by atoms with Crippen LogP contribution in [0, 0.1) is 5.82 Å². The lowest BCUT2D eigenvalue weighted by molar-refractivity contribution is 0.599. The molecule has 1 aromatic carbocycles. The summed E-state index contributed by atoms with van der Waals surface area (Å²) in [5.41, 5.74) is 1.79. The normalized spacial score (nSPS) is 11.4. The number of aromatic nitrogens is 2. The average molecular weight is 273 g/mol. The first kappa shape index (κ1) is 11.9. The lowest BCUT2D eigenvalue weighted by Gasteiger charge is -2.04.